The van der Waals surface area contributed by atoms with Crippen LogP contribution in [-0.4, -0.2) is 18.5 Å². The molecule has 0 aliphatic heterocycles. The lowest BCUT2D eigenvalue weighted by Gasteiger charge is -2.35. The molecule has 0 radical (unpaired) electrons. The molecule has 2 aliphatic rings. The molecule has 3 heteroatoms. The molecule has 2 aliphatic carbocycles. The van der Waals surface area contributed by atoms with Gasteiger partial charge in [0.2, 0.25) is 5.92 Å². The molecular formula is C15H27F2N. The van der Waals surface area contributed by atoms with Crippen molar-refractivity contribution in [1.82, 2.24) is 5.32 Å². The summed E-state index contributed by atoms with van der Waals surface area (Å²) in [5, 5.41) is 3.61. The van der Waals surface area contributed by atoms with Crippen LogP contribution in [0.4, 0.5) is 8.78 Å². The van der Waals surface area contributed by atoms with Crippen molar-refractivity contribution in [2.75, 3.05) is 6.54 Å². The Labute approximate surface area is 110 Å². The van der Waals surface area contributed by atoms with Crippen molar-refractivity contribution in [1.29, 1.82) is 0 Å². The third kappa shape index (κ3) is 3.66. The van der Waals surface area contributed by atoms with Crippen LogP contribution in [0.1, 0.15) is 65.2 Å². The van der Waals surface area contributed by atoms with Gasteiger partial charge in [0.15, 0.2) is 0 Å². The molecule has 0 aromatic rings. The molecule has 0 saturated heterocycles. The lowest BCUT2D eigenvalue weighted by Crippen LogP contribution is -2.36. The largest absolute Gasteiger partial charge is 0.313 e. The number of alkyl halides is 2. The molecule has 0 bridgehead atoms. The predicted octanol–water partition coefficient (Wildman–Crippen LogP) is 4.37. The highest BCUT2D eigenvalue weighted by atomic mass is 19.3. The van der Waals surface area contributed by atoms with Gasteiger partial charge in [-0.25, -0.2) is 8.78 Å². The van der Waals surface area contributed by atoms with Gasteiger partial charge in [-0.05, 0) is 49.9 Å². The van der Waals surface area contributed by atoms with E-state index in [9.17, 15) is 8.78 Å². The molecular weight excluding hydrogens is 232 g/mol. The summed E-state index contributed by atoms with van der Waals surface area (Å²) in [6.45, 7) is 5.45. The summed E-state index contributed by atoms with van der Waals surface area (Å²) < 4.78 is 26.6. The Morgan fingerprint density at radius 1 is 1.17 bits per heavy atom. The smallest absolute Gasteiger partial charge is 0.248 e. The van der Waals surface area contributed by atoms with E-state index in [1.807, 2.05) is 0 Å². The fourth-order valence-electron chi connectivity index (χ4n) is 3.34. The van der Waals surface area contributed by atoms with Crippen LogP contribution in [0, 0.1) is 11.3 Å². The van der Waals surface area contributed by atoms with Gasteiger partial charge in [-0.1, -0.05) is 13.8 Å². The standard InChI is InChI=1S/C15H27F2N/c1-3-14(4-2,11-18-13-5-6-13)9-12-7-8-15(16,17)10-12/h12-13,18H,3-11H2,1-2H3. The minimum Gasteiger partial charge on any atom is -0.313 e. The zero-order valence-electron chi connectivity index (χ0n) is 11.8. The van der Waals surface area contributed by atoms with Crippen molar-refractivity contribution in [2.45, 2.75) is 77.2 Å². The molecule has 0 heterocycles. The first kappa shape index (κ1) is 14.2. The Bertz CT molecular complexity index is 270. The van der Waals surface area contributed by atoms with E-state index in [1.54, 1.807) is 0 Å². The van der Waals surface area contributed by atoms with Gasteiger partial charge < -0.3 is 5.32 Å². The Balaban J connectivity index is 1.87. The van der Waals surface area contributed by atoms with E-state index >= 15 is 0 Å². The first-order valence-corrected chi connectivity index (χ1v) is 7.60. The van der Waals surface area contributed by atoms with Crippen molar-refractivity contribution in [3.63, 3.8) is 0 Å². The summed E-state index contributed by atoms with van der Waals surface area (Å²) in [5.41, 5.74) is 0.244. The fourth-order valence-corrected chi connectivity index (χ4v) is 3.34. The van der Waals surface area contributed by atoms with Crippen LogP contribution in [0.2, 0.25) is 0 Å². The second-order valence-electron chi connectivity index (χ2n) is 6.53. The molecule has 0 spiro atoms. The highest BCUT2D eigenvalue weighted by molar-refractivity contribution is 4.91. The quantitative estimate of drug-likeness (QED) is 0.716. The maximum absolute atomic E-state index is 13.3. The van der Waals surface area contributed by atoms with Crippen molar-refractivity contribution in [3.8, 4) is 0 Å². The highest BCUT2D eigenvalue weighted by Crippen LogP contribution is 2.45. The zero-order chi connectivity index (χ0) is 13.2. The molecule has 2 rings (SSSR count). The van der Waals surface area contributed by atoms with Crippen LogP contribution in [0.25, 0.3) is 0 Å². The molecule has 1 N–H and O–H groups in total. The topological polar surface area (TPSA) is 12.0 Å². The van der Waals surface area contributed by atoms with Gasteiger partial charge >= 0.3 is 0 Å². The molecule has 0 aromatic carbocycles. The minimum atomic E-state index is -2.39. The summed E-state index contributed by atoms with van der Waals surface area (Å²) in [7, 11) is 0. The van der Waals surface area contributed by atoms with Gasteiger partial charge in [-0.15, -0.1) is 0 Å². The highest BCUT2D eigenvalue weighted by Gasteiger charge is 2.42. The molecule has 1 unspecified atom stereocenters. The summed E-state index contributed by atoms with van der Waals surface area (Å²) in [5.74, 6) is -2.15. The maximum Gasteiger partial charge on any atom is 0.248 e. The summed E-state index contributed by atoms with van der Waals surface area (Å²) in [6.07, 6.45) is 6.73. The number of nitrogens with one attached hydrogen (secondary N) is 1. The third-order valence-electron chi connectivity index (χ3n) is 5.07. The summed E-state index contributed by atoms with van der Waals surface area (Å²) in [4.78, 5) is 0. The van der Waals surface area contributed by atoms with E-state index in [2.05, 4.69) is 19.2 Å². The Hall–Kier alpha value is -0.180. The molecule has 18 heavy (non-hydrogen) atoms. The van der Waals surface area contributed by atoms with Gasteiger partial charge in [0, 0.05) is 25.4 Å². The van der Waals surface area contributed by atoms with Gasteiger partial charge in [0.05, 0.1) is 0 Å². The maximum atomic E-state index is 13.3. The SMILES string of the molecule is CCC(CC)(CNC1CC1)CC1CCC(F)(F)C1. The van der Waals surface area contributed by atoms with Crippen LogP contribution < -0.4 is 5.32 Å². The van der Waals surface area contributed by atoms with E-state index in [4.69, 9.17) is 0 Å². The van der Waals surface area contributed by atoms with Crippen LogP contribution in [0.15, 0.2) is 0 Å². The van der Waals surface area contributed by atoms with Crippen molar-refractivity contribution in [2.24, 2.45) is 11.3 Å². The number of hydrogen-bond acceptors (Lipinski definition) is 1. The lowest BCUT2D eigenvalue weighted by molar-refractivity contribution is 0.00233. The van der Waals surface area contributed by atoms with Crippen LogP contribution in [0.5, 0.6) is 0 Å². The molecule has 0 aromatic heterocycles. The molecule has 2 saturated carbocycles. The molecule has 0 amide bonds. The summed E-state index contributed by atoms with van der Waals surface area (Å²) >= 11 is 0. The van der Waals surface area contributed by atoms with Gasteiger partial charge in [-0.2, -0.15) is 0 Å². The molecule has 1 atom stereocenters. The minimum absolute atomic E-state index is 0.108. The fraction of sp³-hybridized carbons (Fsp3) is 1.00. The Morgan fingerprint density at radius 2 is 1.83 bits per heavy atom. The zero-order valence-corrected chi connectivity index (χ0v) is 11.8. The van der Waals surface area contributed by atoms with Gasteiger partial charge in [0.1, 0.15) is 0 Å². The van der Waals surface area contributed by atoms with Crippen LogP contribution in [0.3, 0.4) is 0 Å². The summed E-state index contributed by atoms with van der Waals surface area (Å²) in [6, 6.07) is 0.715. The lowest BCUT2D eigenvalue weighted by atomic mass is 9.74. The molecule has 2 fully saturated rings. The number of rotatable bonds is 7. The van der Waals surface area contributed by atoms with E-state index in [1.165, 1.54) is 12.8 Å². The van der Waals surface area contributed by atoms with E-state index in [0.717, 1.165) is 32.2 Å². The van der Waals surface area contributed by atoms with E-state index in [-0.39, 0.29) is 24.2 Å². The monoisotopic (exact) mass is 259 g/mol. The van der Waals surface area contributed by atoms with Crippen molar-refractivity contribution in [3.05, 3.63) is 0 Å². The first-order chi connectivity index (χ1) is 8.49. The van der Waals surface area contributed by atoms with Gasteiger partial charge in [-0.3, -0.25) is 0 Å². The van der Waals surface area contributed by atoms with E-state index < -0.39 is 5.92 Å². The second-order valence-corrected chi connectivity index (χ2v) is 6.53. The second kappa shape index (κ2) is 5.44. The van der Waals surface area contributed by atoms with Gasteiger partial charge in [0.25, 0.3) is 0 Å². The molecule has 106 valence electrons. The Morgan fingerprint density at radius 3 is 2.28 bits per heavy atom. The average molecular weight is 259 g/mol. The number of halogens is 2. The third-order valence-corrected chi connectivity index (χ3v) is 5.07. The number of hydrogen-bond donors (Lipinski definition) is 1. The van der Waals surface area contributed by atoms with E-state index in [0.29, 0.717) is 6.04 Å². The average Bonchev–Trinajstić information content (AvgIpc) is 3.10. The molecule has 1 nitrogen and oxygen atoms in total. The van der Waals surface area contributed by atoms with Crippen molar-refractivity contribution < 1.29 is 8.78 Å². The predicted molar refractivity (Wildman–Crippen MR) is 70.9 cm³/mol. The van der Waals surface area contributed by atoms with Crippen LogP contribution >= 0.6 is 0 Å². The van der Waals surface area contributed by atoms with Crippen LogP contribution in [-0.2, 0) is 0 Å². The normalized spacial score (nSPS) is 27.7. The first-order valence-electron chi connectivity index (χ1n) is 7.60. The van der Waals surface area contributed by atoms with Crippen molar-refractivity contribution >= 4 is 0 Å². The Kier molecular flexibility index (Phi) is 4.30.